The zero-order valence-corrected chi connectivity index (χ0v) is 11.9. The molecule has 8 nitrogen and oxygen atoms in total. The minimum atomic E-state index is -3.35. The Bertz CT molecular complexity index is 654. The predicted octanol–water partition coefficient (Wildman–Crippen LogP) is -0.285. The van der Waals surface area contributed by atoms with Gasteiger partial charge >= 0.3 is 5.97 Å². The maximum Gasteiger partial charge on any atom is 0.326 e. The first-order valence-electron chi connectivity index (χ1n) is 5.83. The molecule has 21 heavy (non-hydrogen) atoms. The summed E-state index contributed by atoms with van der Waals surface area (Å²) in [5.41, 5.74) is -0.0593. The Kier molecular flexibility index (Phi) is 5.14. The molecule has 1 amide bonds. The van der Waals surface area contributed by atoms with Crippen LogP contribution in [0.5, 0.6) is 11.5 Å². The fraction of sp³-hybridized carbons (Fsp3) is 0.333. The number of phenols is 2. The van der Waals surface area contributed by atoms with E-state index < -0.39 is 39.3 Å². The molecule has 0 saturated heterocycles. The maximum atomic E-state index is 11.8. The van der Waals surface area contributed by atoms with E-state index in [1.54, 1.807) is 0 Å². The number of carbonyl (C=O) groups excluding carboxylic acids is 1. The molecule has 1 unspecified atom stereocenters. The van der Waals surface area contributed by atoms with Crippen molar-refractivity contribution in [3.8, 4) is 11.5 Å². The molecule has 1 aromatic carbocycles. The first-order valence-corrected chi connectivity index (χ1v) is 7.89. The van der Waals surface area contributed by atoms with Gasteiger partial charge in [-0.3, -0.25) is 4.79 Å². The van der Waals surface area contributed by atoms with E-state index in [1.165, 1.54) is 6.07 Å². The van der Waals surface area contributed by atoms with Gasteiger partial charge in [-0.15, -0.1) is 0 Å². The molecule has 0 aliphatic rings. The van der Waals surface area contributed by atoms with Crippen molar-refractivity contribution in [1.82, 2.24) is 5.32 Å². The molecule has 1 aromatic rings. The van der Waals surface area contributed by atoms with Crippen LogP contribution in [0.2, 0.25) is 0 Å². The highest BCUT2D eigenvalue weighted by Crippen LogP contribution is 2.24. The summed E-state index contributed by atoms with van der Waals surface area (Å²) in [5.74, 6) is -3.49. The van der Waals surface area contributed by atoms with Crippen molar-refractivity contribution in [3.63, 3.8) is 0 Å². The van der Waals surface area contributed by atoms with Gasteiger partial charge in [0.1, 0.15) is 15.9 Å². The van der Waals surface area contributed by atoms with E-state index in [1.807, 2.05) is 0 Å². The smallest absolute Gasteiger partial charge is 0.326 e. The molecule has 0 saturated carbocycles. The van der Waals surface area contributed by atoms with Crippen molar-refractivity contribution < 1.29 is 33.3 Å². The summed E-state index contributed by atoms with van der Waals surface area (Å²) in [5, 5.41) is 29.5. The van der Waals surface area contributed by atoms with Crippen LogP contribution in [-0.2, 0) is 14.6 Å². The Morgan fingerprint density at radius 1 is 1.24 bits per heavy atom. The van der Waals surface area contributed by atoms with Gasteiger partial charge < -0.3 is 20.6 Å². The molecule has 0 bridgehead atoms. The number of sulfone groups is 1. The fourth-order valence-electron chi connectivity index (χ4n) is 1.50. The van der Waals surface area contributed by atoms with Crippen molar-refractivity contribution in [2.75, 3.05) is 12.0 Å². The lowest BCUT2D eigenvalue weighted by atomic mass is 10.1. The van der Waals surface area contributed by atoms with Crippen molar-refractivity contribution in [2.24, 2.45) is 0 Å². The number of hydrogen-bond acceptors (Lipinski definition) is 6. The lowest BCUT2D eigenvalue weighted by Crippen LogP contribution is -2.41. The first kappa shape index (κ1) is 16.8. The van der Waals surface area contributed by atoms with E-state index in [2.05, 4.69) is 5.32 Å². The van der Waals surface area contributed by atoms with Crippen LogP contribution < -0.4 is 5.32 Å². The average molecular weight is 317 g/mol. The number of phenolic OH excluding ortho intramolecular Hbond substituents is 2. The van der Waals surface area contributed by atoms with Crippen molar-refractivity contribution in [1.29, 1.82) is 0 Å². The van der Waals surface area contributed by atoms with Crippen LogP contribution in [0.3, 0.4) is 0 Å². The summed E-state index contributed by atoms with van der Waals surface area (Å²) in [7, 11) is -3.35. The second-order valence-corrected chi connectivity index (χ2v) is 6.75. The maximum absolute atomic E-state index is 11.8. The zero-order valence-electron chi connectivity index (χ0n) is 11.1. The summed E-state index contributed by atoms with van der Waals surface area (Å²) in [6.45, 7) is 0. The summed E-state index contributed by atoms with van der Waals surface area (Å²) in [6, 6.07) is 1.87. The lowest BCUT2D eigenvalue weighted by Gasteiger charge is -2.14. The van der Waals surface area contributed by atoms with Crippen LogP contribution in [0.4, 0.5) is 0 Å². The van der Waals surface area contributed by atoms with Gasteiger partial charge in [-0.2, -0.15) is 0 Å². The molecule has 0 spiro atoms. The molecule has 0 aliphatic heterocycles. The number of nitrogens with one attached hydrogen (secondary N) is 1. The number of aliphatic carboxylic acids is 1. The number of carboxylic acids is 1. The van der Waals surface area contributed by atoms with Gasteiger partial charge in [0.25, 0.3) is 5.91 Å². The highest BCUT2D eigenvalue weighted by Gasteiger charge is 2.22. The average Bonchev–Trinajstić information content (AvgIpc) is 2.36. The molecule has 0 heterocycles. The number of aromatic hydroxyl groups is 2. The zero-order chi connectivity index (χ0) is 16.2. The molecule has 0 radical (unpaired) electrons. The Morgan fingerprint density at radius 3 is 2.33 bits per heavy atom. The molecule has 0 fully saturated rings. The Hall–Kier alpha value is -2.29. The van der Waals surface area contributed by atoms with E-state index in [9.17, 15) is 23.1 Å². The van der Waals surface area contributed by atoms with E-state index in [0.29, 0.717) is 0 Å². The first-order chi connectivity index (χ1) is 9.60. The second kappa shape index (κ2) is 6.44. The quantitative estimate of drug-likeness (QED) is 0.528. The Balaban J connectivity index is 2.81. The van der Waals surface area contributed by atoms with Crippen LogP contribution in [0.25, 0.3) is 0 Å². The van der Waals surface area contributed by atoms with Gasteiger partial charge in [-0.05, 0) is 24.6 Å². The van der Waals surface area contributed by atoms with Crippen LogP contribution in [0.1, 0.15) is 16.8 Å². The largest absolute Gasteiger partial charge is 0.504 e. The molecule has 4 N–H and O–H groups in total. The van der Waals surface area contributed by atoms with E-state index in [4.69, 9.17) is 10.2 Å². The van der Waals surface area contributed by atoms with Crippen molar-refractivity contribution in [3.05, 3.63) is 23.8 Å². The molecule has 1 atom stereocenters. The van der Waals surface area contributed by atoms with Gasteiger partial charge in [-0.1, -0.05) is 0 Å². The Labute approximate surface area is 121 Å². The normalized spacial score (nSPS) is 12.6. The van der Waals surface area contributed by atoms with Gasteiger partial charge in [-0.25, -0.2) is 13.2 Å². The number of amides is 1. The van der Waals surface area contributed by atoms with E-state index in [0.717, 1.165) is 18.4 Å². The fourth-order valence-corrected chi connectivity index (χ4v) is 2.16. The molecule has 0 aromatic heterocycles. The SMILES string of the molecule is CS(=O)(=O)CCC(NC(=O)c1ccc(O)c(O)c1)C(=O)O. The lowest BCUT2D eigenvalue weighted by molar-refractivity contribution is -0.139. The number of benzene rings is 1. The minimum absolute atomic E-state index is 0.0593. The topological polar surface area (TPSA) is 141 Å². The monoisotopic (exact) mass is 317 g/mol. The number of rotatable bonds is 6. The molecule has 9 heteroatoms. The third kappa shape index (κ3) is 5.30. The summed E-state index contributed by atoms with van der Waals surface area (Å²) in [4.78, 5) is 22.8. The molecule has 116 valence electrons. The van der Waals surface area contributed by atoms with Gasteiger partial charge in [0.2, 0.25) is 0 Å². The van der Waals surface area contributed by atoms with Crippen molar-refractivity contribution in [2.45, 2.75) is 12.5 Å². The van der Waals surface area contributed by atoms with Crippen LogP contribution >= 0.6 is 0 Å². The van der Waals surface area contributed by atoms with Crippen LogP contribution in [0, 0.1) is 0 Å². The van der Waals surface area contributed by atoms with Crippen LogP contribution in [0.15, 0.2) is 18.2 Å². The summed E-state index contributed by atoms with van der Waals surface area (Å²) < 4.78 is 22.1. The molecule has 1 rings (SSSR count). The predicted molar refractivity (Wildman–Crippen MR) is 73.0 cm³/mol. The van der Waals surface area contributed by atoms with Gasteiger partial charge in [0.05, 0.1) is 5.75 Å². The van der Waals surface area contributed by atoms with Crippen LogP contribution in [-0.4, -0.2) is 53.7 Å². The van der Waals surface area contributed by atoms with E-state index >= 15 is 0 Å². The highest BCUT2D eigenvalue weighted by molar-refractivity contribution is 7.90. The van der Waals surface area contributed by atoms with E-state index in [-0.39, 0.29) is 17.7 Å². The standard InChI is InChI=1S/C12H15NO7S/c1-21(19,20)5-4-8(12(17)18)13-11(16)7-2-3-9(14)10(15)6-7/h2-3,6,8,14-15H,4-5H2,1H3,(H,13,16)(H,17,18). The molecular formula is C12H15NO7S. The van der Waals surface area contributed by atoms with Gasteiger partial charge in [0, 0.05) is 11.8 Å². The third-order valence-electron chi connectivity index (χ3n) is 2.62. The van der Waals surface area contributed by atoms with Gasteiger partial charge in [0.15, 0.2) is 11.5 Å². The second-order valence-electron chi connectivity index (χ2n) is 4.49. The number of hydrogen-bond donors (Lipinski definition) is 4. The summed E-state index contributed by atoms with van der Waals surface area (Å²) in [6.07, 6.45) is 0.690. The summed E-state index contributed by atoms with van der Waals surface area (Å²) >= 11 is 0. The molecule has 0 aliphatic carbocycles. The third-order valence-corrected chi connectivity index (χ3v) is 3.60. The molecular weight excluding hydrogens is 302 g/mol. The minimum Gasteiger partial charge on any atom is -0.504 e. The number of carbonyl (C=O) groups is 2. The highest BCUT2D eigenvalue weighted by atomic mass is 32.2. The van der Waals surface area contributed by atoms with Crippen molar-refractivity contribution >= 4 is 21.7 Å². The number of carboxylic acid groups (broad SMARTS) is 1. The Morgan fingerprint density at radius 2 is 1.86 bits per heavy atom.